The second-order valence-corrected chi connectivity index (χ2v) is 8.12. The third-order valence-corrected chi connectivity index (χ3v) is 6.30. The Labute approximate surface area is 187 Å². The van der Waals surface area contributed by atoms with Crippen LogP contribution in [0.5, 0.6) is 0 Å². The fraction of sp³-hybridized carbons (Fsp3) is 0.500. The van der Waals surface area contributed by atoms with Gasteiger partial charge < -0.3 is 10.6 Å². The Hall–Kier alpha value is -2.69. The number of hydrogen-bond donors (Lipinski definition) is 1. The Morgan fingerprint density at radius 1 is 1.16 bits per heavy atom. The number of hydrogen-bond acceptors (Lipinski definition) is 4. The average molecular weight is 423 g/mol. The summed E-state index contributed by atoms with van der Waals surface area (Å²) in [4.78, 5) is 24.9. The molecule has 0 fully saturated rings. The minimum atomic E-state index is -0.569. The molecule has 0 unspecified atom stereocenters. The van der Waals surface area contributed by atoms with E-state index in [9.17, 15) is 4.79 Å². The van der Waals surface area contributed by atoms with Crippen LogP contribution in [-0.4, -0.2) is 34.4 Å². The zero-order valence-electron chi connectivity index (χ0n) is 20.0. The van der Waals surface area contributed by atoms with Gasteiger partial charge in [0.15, 0.2) is 11.6 Å². The van der Waals surface area contributed by atoms with Gasteiger partial charge in [0.1, 0.15) is 11.7 Å². The van der Waals surface area contributed by atoms with Crippen LogP contribution in [-0.2, 0) is 4.79 Å². The monoisotopic (exact) mass is 422 g/mol. The predicted octanol–water partition coefficient (Wildman–Crippen LogP) is 5.62. The van der Waals surface area contributed by atoms with Crippen molar-refractivity contribution < 1.29 is 4.79 Å². The van der Waals surface area contributed by atoms with Gasteiger partial charge in [0.25, 0.3) is 0 Å². The van der Waals surface area contributed by atoms with Crippen molar-refractivity contribution in [3.05, 3.63) is 58.9 Å². The van der Waals surface area contributed by atoms with Gasteiger partial charge in [-0.15, -0.1) is 0 Å². The third kappa shape index (κ3) is 5.33. The van der Waals surface area contributed by atoms with Crippen molar-refractivity contribution >= 4 is 17.5 Å². The quantitative estimate of drug-likeness (QED) is 0.414. The van der Waals surface area contributed by atoms with Crippen molar-refractivity contribution in [2.75, 3.05) is 6.54 Å². The Balaban J connectivity index is 2.67. The van der Waals surface area contributed by atoms with Crippen molar-refractivity contribution in [1.82, 2.24) is 4.90 Å². The molecule has 0 saturated carbocycles. The lowest BCUT2D eigenvalue weighted by Gasteiger charge is -2.43. The van der Waals surface area contributed by atoms with E-state index in [1.807, 2.05) is 30.3 Å². The molecule has 0 atom stereocenters. The summed E-state index contributed by atoms with van der Waals surface area (Å²) in [5, 5.41) is 0. The first-order valence-corrected chi connectivity index (χ1v) is 11.5. The molecule has 31 heavy (non-hydrogen) atoms. The molecule has 0 saturated heterocycles. The molecule has 1 aliphatic heterocycles. The Kier molecular flexibility index (Phi) is 8.78. The summed E-state index contributed by atoms with van der Waals surface area (Å²) in [6.45, 7) is 13.0. The highest BCUT2D eigenvalue weighted by molar-refractivity contribution is 6.03. The zero-order chi connectivity index (χ0) is 23.0. The number of rotatable bonds is 9. The lowest BCUT2D eigenvalue weighted by molar-refractivity contribution is -0.127. The summed E-state index contributed by atoms with van der Waals surface area (Å²) in [5.74, 6) is 2.14. The fourth-order valence-corrected chi connectivity index (χ4v) is 4.26. The molecule has 1 aliphatic rings. The summed E-state index contributed by atoms with van der Waals surface area (Å²) >= 11 is 0. The molecule has 0 spiro atoms. The van der Waals surface area contributed by atoms with Crippen molar-refractivity contribution in [2.24, 2.45) is 15.7 Å². The highest BCUT2D eigenvalue weighted by atomic mass is 16.1. The fourth-order valence-electron chi connectivity index (χ4n) is 4.26. The van der Waals surface area contributed by atoms with Gasteiger partial charge in [-0.2, -0.15) is 0 Å². The van der Waals surface area contributed by atoms with Crippen LogP contribution in [0.25, 0.3) is 0 Å². The van der Waals surface area contributed by atoms with Crippen LogP contribution >= 0.6 is 0 Å². The Morgan fingerprint density at radius 3 is 2.32 bits per heavy atom. The molecule has 2 rings (SSSR count). The number of nitrogens with two attached hydrogens (primary N) is 1. The number of nitrogens with zero attached hydrogens (tertiary/aromatic N) is 3. The zero-order valence-corrected chi connectivity index (χ0v) is 20.0. The molecule has 0 radical (unpaired) electrons. The molecule has 5 nitrogen and oxygen atoms in total. The molecular formula is C26H38N4O. The van der Waals surface area contributed by atoms with Crippen LogP contribution in [0.2, 0.25) is 0 Å². The molecule has 1 heterocycles. The van der Waals surface area contributed by atoms with Crippen LogP contribution in [0.15, 0.2) is 63.4 Å². The van der Waals surface area contributed by atoms with Gasteiger partial charge in [0.2, 0.25) is 0 Å². The molecule has 2 N–H and O–H groups in total. The summed E-state index contributed by atoms with van der Waals surface area (Å²) in [6.07, 6.45) is 6.23. The molecule has 0 aromatic heterocycles. The number of ketones is 1. The molecule has 1 aromatic carbocycles. The second kappa shape index (κ2) is 11.1. The van der Waals surface area contributed by atoms with E-state index in [-0.39, 0.29) is 5.78 Å². The molecule has 0 bridgehead atoms. The maximum atomic E-state index is 12.9. The number of amidine groups is 2. The third-order valence-electron chi connectivity index (χ3n) is 6.30. The Morgan fingerprint density at radius 2 is 1.81 bits per heavy atom. The summed E-state index contributed by atoms with van der Waals surface area (Å²) in [6, 6.07) is 9.77. The van der Waals surface area contributed by atoms with E-state index in [0.717, 1.165) is 61.2 Å². The van der Waals surface area contributed by atoms with E-state index in [2.05, 4.69) is 45.6 Å². The van der Waals surface area contributed by atoms with E-state index in [4.69, 9.17) is 15.7 Å². The molecule has 5 heteroatoms. The van der Waals surface area contributed by atoms with Crippen LogP contribution in [0.4, 0.5) is 0 Å². The smallest absolute Gasteiger partial charge is 0.156 e. The van der Waals surface area contributed by atoms with E-state index < -0.39 is 5.54 Å². The molecule has 0 amide bonds. The van der Waals surface area contributed by atoms with Crippen molar-refractivity contribution in [3.8, 4) is 0 Å². The van der Waals surface area contributed by atoms with Gasteiger partial charge in [-0.3, -0.25) is 4.79 Å². The van der Waals surface area contributed by atoms with Gasteiger partial charge in [-0.1, -0.05) is 64.1 Å². The van der Waals surface area contributed by atoms with Crippen molar-refractivity contribution in [1.29, 1.82) is 0 Å². The van der Waals surface area contributed by atoms with E-state index in [1.54, 1.807) is 6.92 Å². The minimum absolute atomic E-state index is 0.180. The number of carbonyl (C=O) groups is 1. The first-order valence-electron chi connectivity index (χ1n) is 11.5. The van der Waals surface area contributed by atoms with Gasteiger partial charge in [0.05, 0.1) is 5.54 Å². The highest BCUT2D eigenvalue weighted by Crippen LogP contribution is 2.31. The summed E-state index contributed by atoms with van der Waals surface area (Å²) in [7, 11) is 0. The molecule has 0 aliphatic carbocycles. The summed E-state index contributed by atoms with van der Waals surface area (Å²) < 4.78 is 0. The van der Waals surface area contributed by atoms with Crippen LogP contribution in [0.3, 0.4) is 0 Å². The number of Topliss-reactive ketones (excluding diaryl/α,β-unsaturated/α-hetero) is 1. The van der Waals surface area contributed by atoms with Crippen molar-refractivity contribution in [3.63, 3.8) is 0 Å². The number of allylic oxidation sites excluding steroid dienone is 2. The normalized spacial score (nSPS) is 15.4. The highest BCUT2D eigenvalue weighted by Gasteiger charge is 2.40. The number of aliphatic imine (C=N–C) groups is 2. The van der Waals surface area contributed by atoms with Crippen LogP contribution in [0.1, 0.15) is 79.2 Å². The van der Waals surface area contributed by atoms with E-state index in [1.165, 1.54) is 0 Å². The topological polar surface area (TPSA) is 71.1 Å². The number of carbonyl (C=O) groups excluding carboxylic acids is 1. The van der Waals surface area contributed by atoms with Gasteiger partial charge in [-0.25, -0.2) is 9.98 Å². The first-order chi connectivity index (χ1) is 14.8. The van der Waals surface area contributed by atoms with Gasteiger partial charge in [0, 0.05) is 12.1 Å². The second-order valence-electron chi connectivity index (χ2n) is 8.12. The predicted molar refractivity (Wildman–Crippen MR) is 131 cm³/mol. The van der Waals surface area contributed by atoms with Crippen LogP contribution < -0.4 is 5.73 Å². The maximum Gasteiger partial charge on any atom is 0.156 e. The van der Waals surface area contributed by atoms with Gasteiger partial charge in [-0.05, 0) is 57.1 Å². The molecule has 168 valence electrons. The average Bonchev–Trinajstić information content (AvgIpc) is 2.93. The Bertz CT molecular complexity index is 889. The molecule has 1 aromatic rings. The summed E-state index contributed by atoms with van der Waals surface area (Å²) in [5.41, 5.74) is 8.89. The standard InChI is InChI=1S/C26H38N4O/c1-7-18-30(26(9-3,10-4)20(6)31)25-19(5)16-17-21(8-2)24(29-25)28-23(27)22-14-12-11-13-15-22/h11-16H,7-10,17-18H2,1-6H3,(H2,27,28). The number of benzene rings is 1. The van der Waals surface area contributed by atoms with Crippen LogP contribution in [0, 0.1) is 0 Å². The van der Waals surface area contributed by atoms with Crippen molar-refractivity contribution in [2.45, 2.75) is 79.2 Å². The lowest BCUT2D eigenvalue weighted by atomic mass is 9.85. The lowest BCUT2D eigenvalue weighted by Crippen LogP contribution is -2.56. The maximum absolute atomic E-state index is 12.9. The van der Waals surface area contributed by atoms with E-state index >= 15 is 0 Å². The van der Waals surface area contributed by atoms with Gasteiger partial charge >= 0.3 is 0 Å². The minimum Gasteiger partial charge on any atom is -0.383 e. The first kappa shape index (κ1) is 24.6. The largest absolute Gasteiger partial charge is 0.383 e. The SMILES string of the molecule is CCCN(C1=NC(N=C(N)c2ccccc2)=C(CC)CC=C1C)C(CC)(CC)C(C)=O. The molecular weight excluding hydrogens is 384 g/mol. The van der Waals surface area contributed by atoms with E-state index in [0.29, 0.717) is 11.7 Å².